The van der Waals surface area contributed by atoms with Crippen LogP contribution >= 0.6 is 0 Å². The second kappa shape index (κ2) is 26.7. The number of rotatable bonds is 11. The molecule has 97 heavy (non-hydrogen) atoms. The van der Waals surface area contributed by atoms with E-state index in [2.05, 4.69) is 146 Å². The lowest BCUT2D eigenvalue weighted by Gasteiger charge is -2.11. The first-order valence-electron chi connectivity index (χ1n) is 42.8. The maximum atomic E-state index is 8.52. The standard InChI is InChI=1S/2C30H31N2O.C28H27N2O/c1-18(2)21-8-10-22(11-9-21)23-12-16-27(32(6)17-23)28-20(5)7-13-24-25-14-15-26(19(3)4)31-30(25)33-29(24)28;1-18(2)21-8-10-22(11-9-21)23-15-16-32(6)27(17-23)28-20(5)7-12-24-25-13-14-26(19(3)4)31-30(25)33-29(24)28;1-17(2)24-15-14-23-22-13-10-19(4)25(27(22)31-28(23)29-24)26-21(7-6-16-30(26)5)20-11-8-18(3)9-12-20/h2*7-19H,1-6H3;6-17H,1-5H3/q3*+1/i2*3D3,4D3,19D;1D3,2D3,17D. The average molecular weight is 1300 g/mol. The van der Waals surface area contributed by atoms with Crippen molar-refractivity contribution in [2.24, 2.45) is 21.1 Å². The SMILES string of the molecule is [2H]C([2H])([2H])C([2H])(c1ccc2c(n1)oc1c(-c3c(-c4ccc(C)cc4)ccc[n+]3C)c(C)ccc12)C([2H])([2H])[2H].[2H]C([2H])([2H])C([2H])(c1ccc2c(n1)oc1c(-c3cc(-c4ccc(C(C)C)cc4)cc[n+]3C)c(C)ccc12)C([2H])([2H])[2H].[2H]C([2H])([2H])C([2H])(c1ccc2c(n1)oc1c(-c3ccc(-c4ccc(C(C)C)cc4)c[n+]3C)c(C)ccc12)C([2H])([2H])[2H]. The van der Waals surface area contributed by atoms with Gasteiger partial charge in [-0.3, -0.25) is 0 Å². The molecule has 0 aliphatic rings. The minimum Gasteiger partial charge on any atom is -0.437 e. The summed E-state index contributed by atoms with van der Waals surface area (Å²) in [5.74, 6) is -7.80. The molecular weight excluding hydrogens is 1190 g/mol. The molecule has 15 rings (SSSR count). The second-order valence-electron chi connectivity index (χ2n) is 25.6. The first-order valence-corrected chi connectivity index (χ1v) is 32.3. The lowest BCUT2D eigenvalue weighted by atomic mass is 9.94. The van der Waals surface area contributed by atoms with Gasteiger partial charge in [0, 0.05) is 108 Å². The van der Waals surface area contributed by atoms with Crippen LogP contribution in [0.25, 0.3) is 133 Å². The Balaban J connectivity index is 0.000000154. The summed E-state index contributed by atoms with van der Waals surface area (Å²) in [7, 11) is 5.89. The highest BCUT2D eigenvalue weighted by atomic mass is 16.3. The van der Waals surface area contributed by atoms with Crippen LogP contribution in [0.1, 0.15) is 178 Å². The fourth-order valence-corrected chi connectivity index (χ4v) is 12.9. The number of fused-ring (bicyclic) bond motifs is 9. The third-order valence-electron chi connectivity index (χ3n) is 18.3. The quantitative estimate of drug-likeness (QED) is 0.120. The molecule has 9 heterocycles. The van der Waals surface area contributed by atoms with Crippen LogP contribution in [-0.2, 0) is 21.1 Å². The van der Waals surface area contributed by atoms with E-state index in [0.29, 0.717) is 44.7 Å². The number of pyridine rings is 6. The Kier molecular flexibility index (Phi) is 12.2. The number of nitrogens with zero attached hydrogens (tertiary/aromatic N) is 6. The van der Waals surface area contributed by atoms with E-state index >= 15 is 0 Å². The Hall–Kier alpha value is -10.4. The molecule has 9 aromatic heterocycles. The molecule has 9 nitrogen and oxygen atoms in total. The van der Waals surface area contributed by atoms with Crippen LogP contribution in [0.3, 0.4) is 0 Å². The van der Waals surface area contributed by atoms with Crippen LogP contribution in [0.5, 0.6) is 0 Å². The highest BCUT2D eigenvalue weighted by molar-refractivity contribution is 6.11. The van der Waals surface area contributed by atoms with Crippen molar-refractivity contribution in [2.75, 3.05) is 0 Å². The highest BCUT2D eigenvalue weighted by Crippen LogP contribution is 2.43. The van der Waals surface area contributed by atoms with Crippen molar-refractivity contribution in [1.29, 1.82) is 0 Å². The highest BCUT2D eigenvalue weighted by Gasteiger charge is 2.28. The number of hydrogen-bond donors (Lipinski definition) is 0. The molecule has 0 spiro atoms. The zero-order valence-corrected chi connectivity index (χ0v) is 56.1. The Morgan fingerprint density at radius 1 is 0.371 bits per heavy atom. The van der Waals surface area contributed by atoms with Gasteiger partial charge in [0.25, 0.3) is 0 Å². The van der Waals surface area contributed by atoms with Gasteiger partial charge in [-0.15, -0.1) is 0 Å². The summed E-state index contributed by atoms with van der Waals surface area (Å²) < 4.78 is 191. The van der Waals surface area contributed by atoms with Gasteiger partial charge >= 0.3 is 0 Å². The molecule has 486 valence electrons. The number of aryl methyl sites for hydroxylation is 7. The summed E-state index contributed by atoms with van der Waals surface area (Å²) in [6, 6.07) is 58.1. The first kappa shape index (κ1) is 44.4. The van der Waals surface area contributed by atoms with E-state index in [1.54, 1.807) is 18.2 Å². The fraction of sp³-hybridized carbons (Fsp3) is 0.250. The average Bonchev–Trinajstić information content (AvgIpc) is 1.53. The van der Waals surface area contributed by atoms with Crippen LogP contribution in [0.2, 0.25) is 0 Å². The zero-order valence-electron chi connectivity index (χ0n) is 77.1. The van der Waals surface area contributed by atoms with E-state index in [4.69, 9.17) is 42.0 Å². The van der Waals surface area contributed by atoms with Gasteiger partial charge in [0.05, 0.1) is 22.3 Å². The van der Waals surface area contributed by atoms with Crippen molar-refractivity contribution in [2.45, 2.75) is 126 Å². The molecule has 0 amide bonds. The molecule has 9 heteroatoms. The van der Waals surface area contributed by atoms with Gasteiger partial charge in [0.2, 0.25) is 34.2 Å². The summed E-state index contributed by atoms with van der Waals surface area (Å²) in [5, 5.41) is 4.13. The number of benzene rings is 6. The number of aromatic nitrogens is 6. The summed E-state index contributed by atoms with van der Waals surface area (Å²) in [6.07, 6.45) is 6.03. The molecule has 0 fully saturated rings. The summed E-state index contributed by atoms with van der Waals surface area (Å²) in [4.78, 5) is 12.9. The van der Waals surface area contributed by atoms with Gasteiger partial charge < -0.3 is 13.3 Å². The minimum absolute atomic E-state index is 0.0879. The maximum Gasteiger partial charge on any atom is 0.227 e. The first-order chi connectivity index (χ1) is 55.0. The van der Waals surface area contributed by atoms with Crippen molar-refractivity contribution < 1.29 is 55.7 Å². The predicted octanol–water partition coefficient (Wildman–Crippen LogP) is 22.3. The lowest BCUT2D eigenvalue weighted by Crippen LogP contribution is -2.31. The molecule has 0 radical (unpaired) electrons. The van der Waals surface area contributed by atoms with Gasteiger partial charge in [-0.1, -0.05) is 184 Å². The Morgan fingerprint density at radius 3 is 1.24 bits per heavy atom. The maximum absolute atomic E-state index is 8.52. The lowest BCUT2D eigenvalue weighted by molar-refractivity contribution is -0.660. The Labute approximate surface area is 600 Å². The molecule has 0 aliphatic carbocycles. The molecule has 0 atom stereocenters. The van der Waals surface area contributed by atoms with Gasteiger partial charge in [0.1, 0.15) is 21.1 Å². The second-order valence-corrected chi connectivity index (χ2v) is 25.6. The van der Waals surface area contributed by atoms with Crippen LogP contribution in [0.15, 0.2) is 214 Å². The van der Waals surface area contributed by atoms with E-state index in [1.165, 1.54) is 29.3 Å². The van der Waals surface area contributed by atoms with Crippen molar-refractivity contribution in [3.05, 3.63) is 251 Å². The molecule has 0 N–H and O–H groups in total. The predicted molar refractivity (Wildman–Crippen MR) is 400 cm³/mol. The largest absolute Gasteiger partial charge is 0.437 e. The van der Waals surface area contributed by atoms with E-state index in [0.717, 1.165) is 106 Å². The van der Waals surface area contributed by atoms with Crippen molar-refractivity contribution in [3.63, 3.8) is 0 Å². The van der Waals surface area contributed by atoms with Crippen LogP contribution < -0.4 is 13.7 Å². The molecule has 0 saturated carbocycles. The van der Waals surface area contributed by atoms with Gasteiger partial charge in [0.15, 0.2) is 35.3 Å². The van der Waals surface area contributed by atoms with Crippen molar-refractivity contribution in [3.8, 4) is 67.2 Å². The number of hydrogen-bond acceptors (Lipinski definition) is 6. The Bertz CT molecular complexity index is 6330. The molecule has 0 aliphatic heterocycles. The molecular formula is C88H89N6O3+3. The molecule has 0 bridgehead atoms. The van der Waals surface area contributed by atoms with Crippen LogP contribution in [0.4, 0.5) is 0 Å². The van der Waals surface area contributed by atoms with Crippen molar-refractivity contribution in [1.82, 2.24) is 15.0 Å². The third kappa shape index (κ3) is 12.6. The Morgan fingerprint density at radius 2 is 0.784 bits per heavy atom. The van der Waals surface area contributed by atoms with E-state index in [1.807, 2.05) is 123 Å². The molecule has 15 aromatic rings. The summed E-state index contributed by atoms with van der Waals surface area (Å²) in [6.45, 7) is -2.10. The molecule has 0 saturated heterocycles. The summed E-state index contributed by atoms with van der Waals surface area (Å²) in [5.41, 5.74) is 19.1. The van der Waals surface area contributed by atoms with E-state index < -0.39 is 58.8 Å². The van der Waals surface area contributed by atoms with Gasteiger partial charge in [-0.25, -0.2) is 28.7 Å². The third-order valence-corrected chi connectivity index (χ3v) is 18.3. The van der Waals surface area contributed by atoms with E-state index in [9.17, 15) is 0 Å². The topological polar surface area (TPSA) is 89.7 Å². The molecule has 6 aromatic carbocycles. The smallest absolute Gasteiger partial charge is 0.227 e. The van der Waals surface area contributed by atoms with Gasteiger partial charge in [-0.05, 0) is 156 Å². The molecule has 0 unspecified atom stereocenters. The minimum atomic E-state index is -3.13. The van der Waals surface area contributed by atoms with Gasteiger partial charge in [-0.2, -0.15) is 0 Å². The van der Waals surface area contributed by atoms with E-state index in [-0.39, 0.29) is 34.2 Å². The fourth-order valence-electron chi connectivity index (χ4n) is 12.9. The van der Waals surface area contributed by atoms with Crippen LogP contribution in [0, 0.1) is 27.7 Å². The monoisotopic (exact) mass is 1300 g/mol. The number of furan rings is 3. The zero-order chi connectivity index (χ0) is 86.0. The van der Waals surface area contributed by atoms with Crippen molar-refractivity contribution >= 4 is 66.2 Å². The normalized spacial score (nSPS) is 16.1. The summed E-state index contributed by atoms with van der Waals surface area (Å²) >= 11 is 0. The van der Waals surface area contributed by atoms with Crippen LogP contribution in [-0.4, -0.2) is 15.0 Å².